The van der Waals surface area contributed by atoms with Crippen molar-refractivity contribution in [3.05, 3.63) is 188 Å². The lowest BCUT2D eigenvalue weighted by Gasteiger charge is -2.15. The molecule has 0 amide bonds. The van der Waals surface area contributed by atoms with Crippen molar-refractivity contribution in [2.45, 2.75) is 0 Å². The van der Waals surface area contributed by atoms with Gasteiger partial charge in [0.1, 0.15) is 0 Å². The molecule has 8 aromatic carbocycles. The van der Waals surface area contributed by atoms with Gasteiger partial charge in [-0.25, -0.2) is 0 Å². The van der Waals surface area contributed by atoms with E-state index < -0.39 is 36.3 Å². The van der Waals surface area contributed by atoms with E-state index in [4.69, 9.17) is 16.4 Å². The molecule has 0 bridgehead atoms. The van der Waals surface area contributed by atoms with Gasteiger partial charge in [0.25, 0.3) is 0 Å². The molecule has 0 radical (unpaired) electrons. The first kappa shape index (κ1) is 18.8. The maximum atomic E-state index is 9.07. The zero-order valence-corrected chi connectivity index (χ0v) is 26.8. The maximum Gasteiger partial charge on any atom is 0.0645 e. The molecule has 0 aliphatic rings. The average molecular weight is 662 g/mol. The Hall–Kier alpha value is -6.84. The molecule has 0 fully saturated rings. The van der Waals surface area contributed by atoms with Crippen molar-refractivity contribution >= 4 is 65.4 Å². The smallest absolute Gasteiger partial charge is 0.0645 e. The third-order valence-corrected chi connectivity index (χ3v) is 9.81. The third kappa shape index (κ3) is 4.06. The molecule has 11 aromatic rings. The van der Waals surface area contributed by atoms with Crippen LogP contribution in [0.2, 0.25) is 0 Å². The summed E-state index contributed by atoms with van der Waals surface area (Å²) in [5, 5.41) is 3.07. The van der Waals surface area contributed by atoms with E-state index in [0.29, 0.717) is 22.2 Å². The highest BCUT2D eigenvalue weighted by atomic mass is 15.0. The molecule has 0 N–H and O–H groups in total. The number of hydrogen-bond acceptors (Lipinski definition) is 0. The minimum atomic E-state index is -0.499. The minimum Gasteiger partial charge on any atom is -0.309 e. The van der Waals surface area contributed by atoms with E-state index in [1.807, 2.05) is 108 Å². The highest BCUT2D eigenvalue weighted by Crippen LogP contribution is 2.39. The van der Waals surface area contributed by atoms with Gasteiger partial charge in [0.05, 0.1) is 55.2 Å². The molecule has 3 aromatic heterocycles. The summed E-state index contributed by atoms with van der Waals surface area (Å²) in [4.78, 5) is 0. The quantitative estimate of drug-likeness (QED) is 0.178. The van der Waals surface area contributed by atoms with Crippen molar-refractivity contribution in [1.82, 2.24) is 13.7 Å². The molecule has 0 atom stereocenters. The first-order valence-electron chi connectivity index (χ1n) is 22.6. The second kappa shape index (κ2) is 10.8. The Morgan fingerprint density at radius 3 is 1.55 bits per heavy atom. The molecule has 0 spiro atoms. The molecule has 3 heterocycles. The van der Waals surface area contributed by atoms with Gasteiger partial charge < -0.3 is 13.7 Å². The normalized spacial score (nSPS) is 15.2. The minimum absolute atomic E-state index is 0.0115. The third-order valence-electron chi connectivity index (χ3n) is 9.81. The molecule has 238 valence electrons. The van der Waals surface area contributed by atoms with E-state index >= 15 is 0 Å². The topological polar surface area (TPSA) is 14.8 Å². The van der Waals surface area contributed by atoms with Crippen molar-refractivity contribution < 1.29 is 16.4 Å². The van der Waals surface area contributed by atoms with Crippen LogP contribution in [0.5, 0.6) is 0 Å². The Labute approximate surface area is 311 Å². The standard InChI is InChI=1S/C48H31N3/c1-7-22-42(51-46-26-11-4-19-38(46)39-20-5-12-27-47(39)51)35(16-1)32-14-13-15-33(30-32)49-45-25-10-6-21-40(45)41-31-34(28-29-48(41)49)50-43-23-8-2-17-36(43)37-18-3-9-24-44(37)50/h1-31H/i2D,4D,5D,8D,11D,12D,17D,19D,20D,23D,26D,27D. The van der Waals surface area contributed by atoms with Crippen LogP contribution in [0.4, 0.5) is 0 Å². The van der Waals surface area contributed by atoms with Crippen molar-refractivity contribution in [2.24, 2.45) is 0 Å². The van der Waals surface area contributed by atoms with Gasteiger partial charge in [-0.05, 0) is 72.2 Å². The molecule has 0 aliphatic heterocycles. The van der Waals surface area contributed by atoms with Gasteiger partial charge in [-0.1, -0.05) is 121 Å². The lowest BCUT2D eigenvalue weighted by atomic mass is 10.0. The molecule has 0 unspecified atom stereocenters. The van der Waals surface area contributed by atoms with E-state index in [2.05, 4.69) is 4.57 Å². The molecule has 0 aliphatic carbocycles. The first-order chi connectivity index (χ1) is 30.3. The Morgan fingerprint density at radius 2 is 0.843 bits per heavy atom. The molecule has 51 heavy (non-hydrogen) atoms. The van der Waals surface area contributed by atoms with Crippen LogP contribution >= 0.6 is 0 Å². The predicted octanol–water partition coefficient (Wildman–Crippen LogP) is 12.6. The number of benzene rings is 8. The number of hydrogen-bond donors (Lipinski definition) is 0. The summed E-state index contributed by atoms with van der Waals surface area (Å²) in [7, 11) is 0. The summed E-state index contributed by atoms with van der Waals surface area (Å²) in [6.07, 6.45) is 0. The summed E-state index contributed by atoms with van der Waals surface area (Å²) in [5.74, 6) is 0. The summed E-state index contributed by atoms with van der Waals surface area (Å²) in [5.41, 5.74) is 6.40. The van der Waals surface area contributed by atoms with E-state index in [9.17, 15) is 0 Å². The SMILES string of the molecule is [2H]c1c([2H])c([2H])c2c(c1[2H])c1ccccc1n2-c1ccc2c(c1)c1ccccc1n2-c1cccc(-c2ccccc2-n2c3c([2H])c([2H])c([2H])c([2H])c3c3c([2H])c([2H])c([2H])c([2H])c32)c1. The zero-order valence-electron chi connectivity index (χ0n) is 38.8. The van der Waals surface area contributed by atoms with E-state index in [1.54, 1.807) is 16.7 Å². The fourth-order valence-electron chi connectivity index (χ4n) is 7.70. The van der Waals surface area contributed by atoms with Crippen molar-refractivity contribution in [1.29, 1.82) is 0 Å². The monoisotopic (exact) mass is 661 g/mol. The van der Waals surface area contributed by atoms with Crippen LogP contribution in [-0.2, 0) is 0 Å². The highest BCUT2D eigenvalue weighted by Gasteiger charge is 2.18. The van der Waals surface area contributed by atoms with Gasteiger partial charge in [-0.15, -0.1) is 0 Å². The van der Waals surface area contributed by atoms with Crippen LogP contribution in [0.3, 0.4) is 0 Å². The maximum absolute atomic E-state index is 9.07. The van der Waals surface area contributed by atoms with Crippen molar-refractivity contribution in [2.75, 3.05) is 0 Å². The van der Waals surface area contributed by atoms with E-state index in [-0.39, 0.29) is 58.1 Å². The van der Waals surface area contributed by atoms with Crippen LogP contribution < -0.4 is 0 Å². The highest BCUT2D eigenvalue weighted by molar-refractivity contribution is 6.13. The van der Waals surface area contributed by atoms with Crippen LogP contribution in [0.15, 0.2) is 188 Å². The van der Waals surface area contributed by atoms with Crippen LogP contribution in [0.1, 0.15) is 16.4 Å². The predicted molar refractivity (Wildman–Crippen MR) is 215 cm³/mol. The summed E-state index contributed by atoms with van der Waals surface area (Å²) < 4.78 is 110. The molecule has 3 nitrogen and oxygen atoms in total. The number of para-hydroxylation sites is 6. The second-order valence-electron chi connectivity index (χ2n) is 12.5. The Morgan fingerprint density at radius 1 is 0.333 bits per heavy atom. The lowest BCUT2D eigenvalue weighted by Crippen LogP contribution is -1.98. The zero-order chi connectivity index (χ0) is 43.9. The lowest BCUT2D eigenvalue weighted by molar-refractivity contribution is 1.16. The molecule has 11 rings (SSSR count). The summed E-state index contributed by atoms with van der Waals surface area (Å²) in [6.45, 7) is 0. The van der Waals surface area contributed by atoms with Gasteiger partial charge in [-0.2, -0.15) is 0 Å². The van der Waals surface area contributed by atoms with Crippen molar-refractivity contribution in [3.8, 4) is 28.2 Å². The van der Waals surface area contributed by atoms with Gasteiger partial charge in [0.15, 0.2) is 0 Å². The molecular weight excluding hydrogens is 619 g/mol. The fraction of sp³-hybridized carbons (Fsp3) is 0. The van der Waals surface area contributed by atoms with Gasteiger partial charge in [-0.3, -0.25) is 0 Å². The van der Waals surface area contributed by atoms with E-state index in [1.165, 1.54) is 0 Å². The van der Waals surface area contributed by atoms with Gasteiger partial charge >= 0.3 is 0 Å². The number of fused-ring (bicyclic) bond motifs is 9. The molecule has 0 saturated carbocycles. The summed E-state index contributed by atoms with van der Waals surface area (Å²) in [6, 6.07) is 32.4. The number of nitrogens with zero attached hydrogens (tertiary/aromatic N) is 3. The Balaban J connectivity index is 1.15. The first-order valence-corrected chi connectivity index (χ1v) is 16.6. The van der Waals surface area contributed by atoms with Crippen LogP contribution in [-0.4, -0.2) is 13.7 Å². The second-order valence-corrected chi connectivity index (χ2v) is 12.5. The molecule has 3 heteroatoms. The number of aromatic nitrogens is 3. The van der Waals surface area contributed by atoms with Crippen LogP contribution in [0.25, 0.3) is 93.6 Å². The Kier molecular flexibility index (Phi) is 3.99. The van der Waals surface area contributed by atoms with Gasteiger partial charge in [0.2, 0.25) is 0 Å². The van der Waals surface area contributed by atoms with E-state index in [0.717, 1.165) is 49.6 Å². The largest absolute Gasteiger partial charge is 0.309 e. The van der Waals surface area contributed by atoms with Crippen LogP contribution in [0, 0.1) is 0 Å². The molecule has 0 saturated heterocycles. The Bertz CT molecular complexity index is 3770. The number of rotatable bonds is 4. The molecular formula is C48H31N3. The van der Waals surface area contributed by atoms with Gasteiger partial charge in [0, 0.05) is 49.3 Å². The average Bonchev–Trinajstić information content (AvgIpc) is 3.96. The van der Waals surface area contributed by atoms with Crippen molar-refractivity contribution in [3.63, 3.8) is 0 Å². The fourth-order valence-corrected chi connectivity index (χ4v) is 7.70. The summed E-state index contributed by atoms with van der Waals surface area (Å²) >= 11 is 0.